The number of amides is 1. The summed E-state index contributed by atoms with van der Waals surface area (Å²) >= 11 is 0.876. The number of para-hydroxylation sites is 1. The summed E-state index contributed by atoms with van der Waals surface area (Å²) in [5.74, 6) is -0.654. The minimum absolute atomic E-state index is 0.101. The van der Waals surface area contributed by atoms with Crippen LogP contribution in [0.4, 0.5) is 18.9 Å². The van der Waals surface area contributed by atoms with E-state index in [9.17, 15) is 22.8 Å². The van der Waals surface area contributed by atoms with E-state index in [1.807, 2.05) is 0 Å². The summed E-state index contributed by atoms with van der Waals surface area (Å²) in [7, 11) is 0. The number of carbonyl (C=O) groups is 1. The zero-order valence-corrected chi connectivity index (χ0v) is 12.5. The SMILES string of the molecule is CC(Sc1nncc(=O)[nH]1)C(=O)Nc1ccccc1C(F)(F)F. The summed E-state index contributed by atoms with van der Waals surface area (Å²) in [5.41, 5.74) is -1.75. The molecule has 0 aliphatic rings. The van der Waals surface area contributed by atoms with Crippen molar-refractivity contribution in [2.24, 2.45) is 0 Å². The van der Waals surface area contributed by atoms with Crippen LogP contribution in [0.5, 0.6) is 0 Å². The van der Waals surface area contributed by atoms with Crippen molar-refractivity contribution in [3.8, 4) is 0 Å². The standard InChI is InChI=1S/C13H11F3N4O2S/c1-7(23-12-19-10(21)6-17-20-12)11(22)18-9-5-3-2-4-8(9)13(14,15)16/h2-7H,1H3,(H,18,22)(H,19,20,21). The van der Waals surface area contributed by atoms with Gasteiger partial charge in [0, 0.05) is 0 Å². The molecular formula is C13H11F3N4O2S. The van der Waals surface area contributed by atoms with Crippen LogP contribution in [-0.4, -0.2) is 26.3 Å². The number of hydrogen-bond acceptors (Lipinski definition) is 5. The molecule has 2 aromatic rings. The highest BCUT2D eigenvalue weighted by Gasteiger charge is 2.33. The Hall–Kier alpha value is -2.36. The zero-order chi connectivity index (χ0) is 17.0. The number of hydrogen-bond donors (Lipinski definition) is 2. The maximum Gasteiger partial charge on any atom is 0.418 e. The lowest BCUT2D eigenvalue weighted by atomic mass is 10.1. The van der Waals surface area contributed by atoms with Crippen molar-refractivity contribution in [1.82, 2.24) is 15.2 Å². The molecule has 1 amide bonds. The number of nitrogens with zero attached hydrogens (tertiary/aromatic N) is 2. The van der Waals surface area contributed by atoms with Crippen LogP contribution in [0.2, 0.25) is 0 Å². The van der Waals surface area contributed by atoms with E-state index in [4.69, 9.17) is 0 Å². The first-order valence-electron chi connectivity index (χ1n) is 6.33. The van der Waals surface area contributed by atoms with Crippen LogP contribution in [0.15, 0.2) is 40.4 Å². The summed E-state index contributed by atoms with van der Waals surface area (Å²) in [6.45, 7) is 1.48. The fraction of sp³-hybridized carbons (Fsp3) is 0.231. The van der Waals surface area contributed by atoms with Gasteiger partial charge in [-0.2, -0.15) is 18.3 Å². The summed E-state index contributed by atoms with van der Waals surface area (Å²) in [6, 6.07) is 4.68. The van der Waals surface area contributed by atoms with Gasteiger partial charge in [0.1, 0.15) is 6.20 Å². The van der Waals surface area contributed by atoms with Crippen molar-refractivity contribution < 1.29 is 18.0 Å². The smallest absolute Gasteiger partial charge is 0.325 e. The van der Waals surface area contributed by atoms with Gasteiger partial charge in [0.2, 0.25) is 5.91 Å². The number of thioether (sulfide) groups is 1. The molecule has 23 heavy (non-hydrogen) atoms. The largest absolute Gasteiger partial charge is 0.418 e. The van der Waals surface area contributed by atoms with Crippen molar-refractivity contribution in [3.05, 3.63) is 46.4 Å². The van der Waals surface area contributed by atoms with Gasteiger partial charge in [0.05, 0.1) is 16.5 Å². The molecule has 1 heterocycles. The first-order valence-corrected chi connectivity index (χ1v) is 7.21. The molecule has 2 rings (SSSR count). The fourth-order valence-corrected chi connectivity index (χ4v) is 2.40. The lowest BCUT2D eigenvalue weighted by Gasteiger charge is -2.15. The molecule has 0 spiro atoms. The van der Waals surface area contributed by atoms with Crippen LogP contribution in [0.1, 0.15) is 12.5 Å². The quantitative estimate of drug-likeness (QED) is 0.831. The van der Waals surface area contributed by atoms with Gasteiger partial charge in [-0.1, -0.05) is 23.9 Å². The number of alkyl halides is 3. The van der Waals surface area contributed by atoms with Gasteiger partial charge in [0.15, 0.2) is 5.16 Å². The van der Waals surface area contributed by atoms with Crippen molar-refractivity contribution in [2.45, 2.75) is 23.5 Å². The lowest BCUT2D eigenvalue weighted by Crippen LogP contribution is -2.25. The van der Waals surface area contributed by atoms with Crippen molar-refractivity contribution >= 4 is 23.4 Å². The summed E-state index contributed by atoms with van der Waals surface area (Å²) in [4.78, 5) is 25.5. The second kappa shape index (κ2) is 6.82. The molecule has 1 aromatic carbocycles. The minimum Gasteiger partial charge on any atom is -0.325 e. The van der Waals surface area contributed by atoms with Crippen LogP contribution in [0.3, 0.4) is 0 Å². The molecule has 1 aromatic heterocycles. The molecule has 0 aliphatic heterocycles. The molecule has 6 nitrogen and oxygen atoms in total. The number of benzene rings is 1. The van der Waals surface area contributed by atoms with Crippen LogP contribution < -0.4 is 10.9 Å². The van der Waals surface area contributed by atoms with E-state index in [0.29, 0.717) is 0 Å². The Balaban J connectivity index is 2.12. The Morgan fingerprint density at radius 3 is 2.70 bits per heavy atom. The molecule has 0 aliphatic carbocycles. The maximum atomic E-state index is 12.9. The Kier molecular flexibility index (Phi) is 5.04. The molecule has 1 atom stereocenters. The predicted octanol–water partition coefficient (Wildman–Crippen LogP) is 2.30. The Labute approximate surface area is 132 Å². The average Bonchev–Trinajstić information content (AvgIpc) is 2.46. The first-order chi connectivity index (χ1) is 10.8. The number of aromatic nitrogens is 3. The highest BCUT2D eigenvalue weighted by atomic mass is 32.2. The number of H-pyrrole nitrogens is 1. The topological polar surface area (TPSA) is 87.7 Å². The third kappa shape index (κ3) is 4.55. The predicted molar refractivity (Wildman–Crippen MR) is 78.0 cm³/mol. The van der Waals surface area contributed by atoms with Gasteiger partial charge >= 0.3 is 6.18 Å². The molecule has 0 radical (unpaired) electrons. The van der Waals surface area contributed by atoms with Gasteiger partial charge in [-0.15, -0.1) is 5.10 Å². The number of halogens is 3. The molecule has 0 bridgehead atoms. The van der Waals surface area contributed by atoms with E-state index < -0.39 is 28.5 Å². The number of anilines is 1. The van der Waals surface area contributed by atoms with Crippen molar-refractivity contribution in [2.75, 3.05) is 5.32 Å². The van der Waals surface area contributed by atoms with Gasteiger partial charge in [0.25, 0.3) is 5.56 Å². The van der Waals surface area contributed by atoms with Gasteiger partial charge in [-0.05, 0) is 19.1 Å². The number of rotatable bonds is 4. The fourth-order valence-electron chi connectivity index (χ4n) is 1.64. The normalized spacial score (nSPS) is 12.7. The van der Waals surface area contributed by atoms with Crippen LogP contribution >= 0.6 is 11.8 Å². The maximum absolute atomic E-state index is 12.9. The van der Waals surface area contributed by atoms with E-state index in [-0.39, 0.29) is 10.8 Å². The summed E-state index contributed by atoms with van der Waals surface area (Å²) in [5, 5.41) is 8.60. The third-order valence-electron chi connectivity index (χ3n) is 2.70. The second-order valence-electron chi connectivity index (χ2n) is 4.43. The summed E-state index contributed by atoms with van der Waals surface area (Å²) in [6.07, 6.45) is -3.61. The lowest BCUT2D eigenvalue weighted by molar-refractivity contribution is -0.137. The van der Waals surface area contributed by atoms with Gasteiger partial charge in [-0.3, -0.25) is 14.6 Å². The molecule has 1 unspecified atom stereocenters. The second-order valence-corrected chi connectivity index (χ2v) is 5.76. The Morgan fingerprint density at radius 1 is 1.35 bits per heavy atom. The van der Waals surface area contributed by atoms with Crippen molar-refractivity contribution in [1.29, 1.82) is 0 Å². The highest BCUT2D eigenvalue weighted by molar-refractivity contribution is 8.00. The zero-order valence-electron chi connectivity index (χ0n) is 11.7. The molecule has 0 saturated heterocycles. The molecule has 10 heteroatoms. The van der Waals surface area contributed by atoms with E-state index in [2.05, 4.69) is 20.5 Å². The first kappa shape index (κ1) is 17.0. The van der Waals surface area contributed by atoms with Gasteiger partial charge < -0.3 is 5.32 Å². The Bertz CT molecular complexity index is 763. The van der Waals surface area contributed by atoms with E-state index >= 15 is 0 Å². The summed E-state index contributed by atoms with van der Waals surface area (Å²) < 4.78 is 38.6. The van der Waals surface area contributed by atoms with Crippen LogP contribution in [0, 0.1) is 0 Å². The van der Waals surface area contributed by atoms with Crippen LogP contribution in [-0.2, 0) is 11.0 Å². The molecular weight excluding hydrogens is 333 g/mol. The molecule has 122 valence electrons. The number of carbonyl (C=O) groups excluding carboxylic acids is 1. The molecule has 0 fully saturated rings. The molecule has 0 saturated carbocycles. The number of nitrogens with one attached hydrogen (secondary N) is 2. The Morgan fingerprint density at radius 2 is 2.04 bits per heavy atom. The van der Waals surface area contributed by atoms with Crippen LogP contribution in [0.25, 0.3) is 0 Å². The van der Waals surface area contributed by atoms with E-state index in [1.165, 1.54) is 25.1 Å². The van der Waals surface area contributed by atoms with Crippen molar-refractivity contribution in [3.63, 3.8) is 0 Å². The van der Waals surface area contributed by atoms with E-state index in [0.717, 1.165) is 24.0 Å². The number of aromatic amines is 1. The third-order valence-corrected chi connectivity index (χ3v) is 3.68. The highest BCUT2D eigenvalue weighted by Crippen LogP contribution is 2.34. The van der Waals surface area contributed by atoms with Gasteiger partial charge in [-0.25, -0.2) is 0 Å². The molecule has 2 N–H and O–H groups in total. The van der Waals surface area contributed by atoms with E-state index in [1.54, 1.807) is 0 Å². The monoisotopic (exact) mass is 344 g/mol. The average molecular weight is 344 g/mol. The minimum atomic E-state index is -4.57.